The van der Waals surface area contributed by atoms with Crippen LogP contribution in [-0.2, 0) is 12.8 Å². The molecule has 3 aromatic rings. The predicted octanol–water partition coefficient (Wildman–Crippen LogP) is 6.31. The van der Waals surface area contributed by atoms with Gasteiger partial charge in [0.2, 0.25) is 0 Å². The molecule has 7 heteroatoms. The average molecular weight is 478 g/mol. The van der Waals surface area contributed by atoms with Gasteiger partial charge in [0.15, 0.2) is 5.76 Å². The van der Waals surface area contributed by atoms with Crippen LogP contribution in [0.2, 0.25) is 5.02 Å². The Balaban J connectivity index is 1.50. The van der Waals surface area contributed by atoms with Crippen LogP contribution in [-0.4, -0.2) is 17.5 Å². The lowest BCUT2D eigenvalue weighted by Gasteiger charge is -2.13. The molecule has 176 valence electrons. The number of unbranched alkanes of at least 4 members (excludes halogenated alkanes) is 1. The molecule has 0 atom stereocenters. The van der Waals surface area contributed by atoms with E-state index in [9.17, 15) is 9.59 Å². The zero-order valence-corrected chi connectivity index (χ0v) is 20.2. The summed E-state index contributed by atoms with van der Waals surface area (Å²) >= 11 is 5.98. The largest absolute Gasteiger partial charge is 0.455 e. The number of hydrogen-bond acceptors (Lipinski definition) is 4. The minimum Gasteiger partial charge on any atom is -0.455 e. The number of fused-ring (bicyclic) bond motifs is 1. The number of hydrazone groups is 1. The number of carbonyl (C=O) groups is 2. The highest BCUT2D eigenvalue weighted by Crippen LogP contribution is 2.30. The van der Waals surface area contributed by atoms with Crippen molar-refractivity contribution in [3.63, 3.8) is 0 Å². The number of furan rings is 1. The molecule has 1 aromatic heterocycles. The molecule has 0 bridgehead atoms. The van der Waals surface area contributed by atoms with Crippen molar-refractivity contribution in [3.05, 3.63) is 87.3 Å². The summed E-state index contributed by atoms with van der Waals surface area (Å²) in [5, 5.41) is 7.78. The van der Waals surface area contributed by atoms with Crippen molar-refractivity contribution in [1.29, 1.82) is 0 Å². The summed E-state index contributed by atoms with van der Waals surface area (Å²) in [5.41, 5.74) is 7.25. The number of halogens is 1. The highest BCUT2D eigenvalue weighted by atomic mass is 35.5. The van der Waals surface area contributed by atoms with Crippen LogP contribution in [0.3, 0.4) is 0 Å². The maximum atomic E-state index is 13.0. The third-order valence-corrected chi connectivity index (χ3v) is 6.18. The van der Waals surface area contributed by atoms with E-state index in [0.717, 1.165) is 54.7 Å². The molecule has 0 fully saturated rings. The van der Waals surface area contributed by atoms with Gasteiger partial charge >= 0.3 is 0 Å². The molecule has 1 heterocycles. The quantitative estimate of drug-likeness (QED) is 0.391. The standard InChI is InChI=1S/C27H28ClN3O3/c1-3-4-7-18-12-14-21(15-13-18)29-27(33)25-17(2)24-22(10-6-11-23(24)34-25)30-31-26(32)19-8-5-9-20(28)16-19/h5,8-9,12-16H,3-4,6-7,10-11H2,1-2H3,(H,29,33)(H,31,32)/b30-22+. The number of rotatable bonds is 7. The summed E-state index contributed by atoms with van der Waals surface area (Å²) in [6.07, 6.45) is 5.56. The lowest BCUT2D eigenvalue weighted by atomic mass is 9.93. The fraction of sp³-hybridized carbons (Fsp3) is 0.296. The second-order valence-corrected chi connectivity index (χ2v) is 8.91. The van der Waals surface area contributed by atoms with Gasteiger partial charge in [-0.15, -0.1) is 0 Å². The second kappa shape index (κ2) is 10.7. The van der Waals surface area contributed by atoms with E-state index in [1.54, 1.807) is 24.3 Å². The topological polar surface area (TPSA) is 83.7 Å². The van der Waals surface area contributed by atoms with E-state index < -0.39 is 0 Å². The Morgan fingerprint density at radius 1 is 1.09 bits per heavy atom. The van der Waals surface area contributed by atoms with E-state index in [0.29, 0.717) is 22.7 Å². The number of hydrogen-bond donors (Lipinski definition) is 2. The first kappa shape index (κ1) is 23.8. The minimum absolute atomic E-state index is 0.274. The summed E-state index contributed by atoms with van der Waals surface area (Å²) in [5.74, 6) is 0.356. The van der Waals surface area contributed by atoms with Crippen LogP contribution < -0.4 is 10.7 Å². The number of aryl methyl sites for hydroxylation is 2. The Hall–Kier alpha value is -3.38. The van der Waals surface area contributed by atoms with Crippen molar-refractivity contribution < 1.29 is 14.0 Å². The van der Waals surface area contributed by atoms with Gasteiger partial charge in [-0.2, -0.15) is 5.10 Å². The van der Waals surface area contributed by atoms with Crippen molar-refractivity contribution in [2.45, 2.75) is 52.4 Å². The van der Waals surface area contributed by atoms with Crippen LogP contribution in [0.5, 0.6) is 0 Å². The van der Waals surface area contributed by atoms with Gasteiger partial charge in [0.05, 0.1) is 5.71 Å². The SMILES string of the molecule is CCCCc1ccc(NC(=O)c2oc3c(c2C)/C(=N/NC(=O)c2cccc(Cl)c2)CCC3)cc1. The van der Waals surface area contributed by atoms with E-state index in [-0.39, 0.29) is 17.6 Å². The molecule has 0 saturated carbocycles. The first-order valence-electron chi connectivity index (χ1n) is 11.6. The van der Waals surface area contributed by atoms with Crippen molar-refractivity contribution in [2.24, 2.45) is 5.10 Å². The molecule has 1 aliphatic rings. The lowest BCUT2D eigenvalue weighted by Crippen LogP contribution is -2.22. The first-order chi connectivity index (χ1) is 16.5. The molecule has 0 aliphatic heterocycles. The molecule has 1 aliphatic carbocycles. The predicted molar refractivity (Wildman–Crippen MR) is 135 cm³/mol. The summed E-state index contributed by atoms with van der Waals surface area (Å²) in [4.78, 5) is 25.4. The Morgan fingerprint density at radius 2 is 1.88 bits per heavy atom. The van der Waals surface area contributed by atoms with E-state index in [1.807, 2.05) is 31.2 Å². The summed E-state index contributed by atoms with van der Waals surface area (Å²) < 4.78 is 5.96. The third kappa shape index (κ3) is 5.39. The fourth-order valence-corrected chi connectivity index (χ4v) is 4.32. The van der Waals surface area contributed by atoms with Crippen LogP contribution in [0.25, 0.3) is 0 Å². The van der Waals surface area contributed by atoms with Crippen molar-refractivity contribution >= 4 is 34.8 Å². The monoisotopic (exact) mass is 477 g/mol. The Labute approximate surface area is 204 Å². The van der Waals surface area contributed by atoms with Gasteiger partial charge in [-0.1, -0.05) is 43.1 Å². The number of anilines is 1. The molecule has 2 aromatic carbocycles. The number of nitrogens with zero attached hydrogens (tertiary/aromatic N) is 1. The van der Waals surface area contributed by atoms with Crippen LogP contribution in [0.4, 0.5) is 5.69 Å². The zero-order valence-electron chi connectivity index (χ0n) is 19.4. The van der Waals surface area contributed by atoms with Gasteiger partial charge in [0, 0.05) is 33.8 Å². The highest BCUT2D eigenvalue weighted by molar-refractivity contribution is 6.31. The Bertz CT molecular complexity index is 1230. The summed E-state index contributed by atoms with van der Waals surface area (Å²) in [7, 11) is 0. The van der Waals surface area contributed by atoms with Crippen LogP contribution >= 0.6 is 11.6 Å². The molecule has 0 unspecified atom stereocenters. The van der Waals surface area contributed by atoms with Gasteiger partial charge in [0.25, 0.3) is 11.8 Å². The lowest BCUT2D eigenvalue weighted by molar-refractivity contribution is 0.0953. The maximum absolute atomic E-state index is 13.0. The van der Waals surface area contributed by atoms with E-state index >= 15 is 0 Å². The number of benzene rings is 2. The summed E-state index contributed by atoms with van der Waals surface area (Å²) in [6, 6.07) is 14.6. The van der Waals surface area contributed by atoms with Crippen molar-refractivity contribution in [1.82, 2.24) is 5.43 Å². The first-order valence-corrected chi connectivity index (χ1v) is 12.0. The molecule has 0 spiro atoms. The minimum atomic E-state index is -0.344. The van der Waals surface area contributed by atoms with Crippen molar-refractivity contribution in [3.8, 4) is 0 Å². The van der Waals surface area contributed by atoms with E-state index in [1.165, 1.54) is 5.56 Å². The fourth-order valence-electron chi connectivity index (χ4n) is 4.13. The van der Waals surface area contributed by atoms with Gasteiger partial charge < -0.3 is 9.73 Å². The highest BCUT2D eigenvalue weighted by Gasteiger charge is 2.28. The average Bonchev–Trinajstić information content (AvgIpc) is 3.19. The van der Waals surface area contributed by atoms with Crippen LogP contribution in [0.1, 0.15) is 76.0 Å². The second-order valence-electron chi connectivity index (χ2n) is 8.47. The zero-order chi connectivity index (χ0) is 24.1. The van der Waals surface area contributed by atoms with Crippen LogP contribution in [0, 0.1) is 6.92 Å². The normalized spacial score (nSPS) is 14.0. The Kier molecular flexibility index (Phi) is 7.48. The number of carbonyl (C=O) groups excluding carboxylic acids is 2. The van der Waals surface area contributed by atoms with E-state index in [2.05, 4.69) is 22.8 Å². The van der Waals surface area contributed by atoms with Gasteiger partial charge in [-0.3, -0.25) is 9.59 Å². The van der Waals surface area contributed by atoms with Gasteiger partial charge in [-0.25, -0.2) is 5.43 Å². The molecule has 2 amide bonds. The van der Waals surface area contributed by atoms with Crippen LogP contribution in [0.15, 0.2) is 58.0 Å². The van der Waals surface area contributed by atoms with E-state index in [4.69, 9.17) is 16.0 Å². The third-order valence-electron chi connectivity index (χ3n) is 5.94. The smallest absolute Gasteiger partial charge is 0.291 e. The molecular formula is C27H28ClN3O3. The maximum Gasteiger partial charge on any atom is 0.291 e. The molecule has 34 heavy (non-hydrogen) atoms. The molecular weight excluding hydrogens is 450 g/mol. The molecule has 2 N–H and O–H groups in total. The number of amides is 2. The molecule has 0 radical (unpaired) electrons. The van der Waals surface area contributed by atoms with Gasteiger partial charge in [0.1, 0.15) is 5.76 Å². The molecule has 6 nitrogen and oxygen atoms in total. The molecule has 0 saturated heterocycles. The molecule has 4 rings (SSSR count). The number of nitrogens with one attached hydrogen (secondary N) is 2. The Morgan fingerprint density at radius 3 is 2.62 bits per heavy atom. The van der Waals surface area contributed by atoms with Gasteiger partial charge in [-0.05, 0) is 68.5 Å². The summed E-state index contributed by atoms with van der Waals surface area (Å²) in [6.45, 7) is 4.02. The van der Waals surface area contributed by atoms with Crippen molar-refractivity contribution in [2.75, 3.05) is 5.32 Å².